The predicted molar refractivity (Wildman–Crippen MR) is 91.2 cm³/mol. The second-order valence-corrected chi connectivity index (χ2v) is 6.13. The molecule has 0 spiro atoms. The van der Waals surface area contributed by atoms with E-state index in [4.69, 9.17) is 5.26 Å². The fourth-order valence-electron chi connectivity index (χ4n) is 3.08. The maximum absolute atomic E-state index is 12.6. The Morgan fingerprint density at radius 1 is 1.29 bits per heavy atom. The molecule has 1 fully saturated rings. The van der Waals surface area contributed by atoms with Crippen molar-refractivity contribution in [2.45, 2.75) is 19.5 Å². The maximum Gasteiger partial charge on any atom is 0.255 e. The minimum absolute atomic E-state index is 0.0497. The summed E-state index contributed by atoms with van der Waals surface area (Å²) in [6, 6.07) is 13.6. The van der Waals surface area contributed by atoms with E-state index in [1.165, 1.54) is 5.56 Å². The molecule has 1 saturated heterocycles. The molecule has 0 bridgehead atoms. The van der Waals surface area contributed by atoms with Crippen LogP contribution in [0.3, 0.4) is 0 Å². The lowest BCUT2D eigenvalue weighted by molar-refractivity contribution is 0.0475. The number of piperazine rings is 1. The highest BCUT2D eigenvalue weighted by atomic mass is 16.2. The molecule has 2 heterocycles. The molecule has 24 heavy (non-hydrogen) atoms. The van der Waals surface area contributed by atoms with Gasteiger partial charge < -0.3 is 4.90 Å². The van der Waals surface area contributed by atoms with Crippen LogP contribution in [0.4, 0.5) is 0 Å². The number of benzene rings is 1. The van der Waals surface area contributed by atoms with Crippen molar-refractivity contribution in [1.82, 2.24) is 14.8 Å². The minimum atomic E-state index is 0.0497. The van der Waals surface area contributed by atoms with Crippen molar-refractivity contribution in [2.24, 2.45) is 0 Å². The number of nitriles is 1. The highest BCUT2D eigenvalue weighted by Gasteiger charge is 2.28. The molecule has 1 aliphatic heterocycles. The Hall–Kier alpha value is -2.71. The van der Waals surface area contributed by atoms with Gasteiger partial charge in [-0.1, -0.05) is 12.1 Å². The molecule has 5 nitrogen and oxygen atoms in total. The summed E-state index contributed by atoms with van der Waals surface area (Å²) < 4.78 is 0. The number of pyridine rings is 1. The van der Waals surface area contributed by atoms with Gasteiger partial charge in [0.05, 0.1) is 17.2 Å². The van der Waals surface area contributed by atoms with Gasteiger partial charge in [-0.05, 0) is 36.8 Å². The highest BCUT2D eigenvalue weighted by Crippen LogP contribution is 2.16. The van der Waals surface area contributed by atoms with Crippen LogP contribution in [-0.2, 0) is 6.54 Å². The summed E-state index contributed by atoms with van der Waals surface area (Å²) in [5.74, 6) is 0.0497. The van der Waals surface area contributed by atoms with Crippen LogP contribution in [0.15, 0.2) is 48.8 Å². The molecule has 0 radical (unpaired) electrons. The number of hydrogen-bond acceptors (Lipinski definition) is 4. The standard InChI is InChI=1S/C19H20N4O/c1-15-13-22(14-17-6-4-16(11-20)5-7-17)9-10-23(15)19(24)18-3-2-8-21-12-18/h2-8,12,15H,9-10,13-14H2,1H3/t15-/m0/s1. The Kier molecular flexibility index (Phi) is 4.88. The number of carbonyl (C=O) groups is 1. The third-order valence-electron chi connectivity index (χ3n) is 4.37. The summed E-state index contributed by atoms with van der Waals surface area (Å²) in [7, 11) is 0. The Morgan fingerprint density at radius 3 is 2.71 bits per heavy atom. The van der Waals surface area contributed by atoms with Crippen molar-refractivity contribution < 1.29 is 4.79 Å². The second kappa shape index (κ2) is 7.24. The van der Waals surface area contributed by atoms with Gasteiger partial charge >= 0.3 is 0 Å². The topological polar surface area (TPSA) is 60.2 Å². The van der Waals surface area contributed by atoms with Gasteiger partial charge in [-0.25, -0.2) is 0 Å². The molecule has 1 aromatic carbocycles. The summed E-state index contributed by atoms with van der Waals surface area (Å²) in [5.41, 5.74) is 2.51. The summed E-state index contributed by atoms with van der Waals surface area (Å²) in [4.78, 5) is 20.9. The van der Waals surface area contributed by atoms with Gasteiger partial charge in [0.1, 0.15) is 0 Å². The molecule has 2 aromatic rings. The number of aromatic nitrogens is 1. The van der Waals surface area contributed by atoms with Gasteiger partial charge in [0.15, 0.2) is 0 Å². The number of nitrogens with zero attached hydrogens (tertiary/aromatic N) is 4. The Balaban J connectivity index is 1.60. The first-order valence-corrected chi connectivity index (χ1v) is 8.10. The molecule has 122 valence electrons. The highest BCUT2D eigenvalue weighted by molar-refractivity contribution is 5.94. The quantitative estimate of drug-likeness (QED) is 0.870. The van der Waals surface area contributed by atoms with E-state index >= 15 is 0 Å². The van der Waals surface area contributed by atoms with Crippen molar-refractivity contribution in [1.29, 1.82) is 5.26 Å². The SMILES string of the molecule is C[C@H]1CN(Cc2ccc(C#N)cc2)CCN1C(=O)c1cccnc1. The van der Waals surface area contributed by atoms with E-state index in [2.05, 4.69) is 22.9 Å². The molecule has 1 aliphatic rings. The predicted octanol–water partition coefficient (Wildman–Crippen LogP) is 2.30. The van der Waals surface area contributed by atoms with Crippen molar-refractivity contribution >= 4 is 5.91 Å². The Labute approximate surface area is 142 Å². The molecule has 5 heteroatoms. The lowest BCUT2D eigenvalue weighted by Crippen LogP contribution is -2.53. The van der Waals surface area contributed by atoms with Gasteiger partial charge in [-0.3, -0.25) is 14.7 Å². The Morgan fingerprint density at radius 2 is 2.08 bits per heavy atom. The molecule has 0 saturated carbocycles. The molecule has 0 N–H and O–H groups in total. The van der Waals surface area contributed by atoms with Gasteiger partial charge in [0.25, 0.3) is 5.91 Å². The number of amides is 1. The van der Waals surface area contributed by atoms with Gasteiger partial charge in [0, 0.05) is 44.6 Å². The van der Waals surface area contributed by atoms with Crippen LogP contribution in [0.2, 0.25) is 0 Å². The van der Waals surface area contributed by atoms with Crippen molar-refractivity contribution in [3.63, 3.8) is 0 Å². The number of hydrogen-bond donors (Lipinski definition) is 0. The van der Waals surface area contributed by atoms with Crippen LogP contribution in [0.1, 0.15) is 28.4 Å². The monoisotopic (exact) mass is 320 g/mol. The lowest BCUT2D eigenvalue weighted by atomic mass is 10.1. The fourth-order valence-corrected chi connectivity index (χ4v) is 3.08. The zero-order valence-electron chi connectivity index (χ0n) is 13.7. The first kappa shape index (κ1) is 16.2. The van der Waals surface area contributed by atoms with Crippen LogP contribution >= 0.6 is 0 Å². The van der Waals surface area contributed by atoms with Crippen molar-refractivity contribution in [3.8, 4) is 6.07 Å². The number of rotatable bonds is 3. The van der Waals surface area contributed by atoms with Gasteiger partial charge in [-0.2, -0.15) is 5.26 Å². The normalized spacial score (nSPS) is 18.2. The average Bonchev–Trinajstić information content (AvgIpc) is 2.63. The Bertz CT molecular complexity index is 736. The molecule has 0 unspecified atom stereocenters. The van der Waals surface area contributed by atoms with Crippen LogP contribution in [0, 0.1) is 11.3 Å². The van der Waals surface area contributed by atoms with E-state index in [9.17, 15) is 4.79 Å². The minimum Gasteiger partial charge on any atom is -0.333 e. The van der Waals surface area contributed by atoms with E-state index < -0.39 is 0 Å². The molecule has 0 aliphatic carbocycles. The van der Waals surface area contributed by atoms with Crippen molar-refractivity contribution in [3.05, 3.63) is 65.5 Å². The van der Waals surface area contributed by atoms with E-state index in [0.29, 0.717) is 17.7 Å². The van der Waals surface area contributed by atoms with Gasteiger partial charge in [0.2, 0.25) is 0 Å². The van der Waals surface area contributed by atoms with Gasteiger partial charge in [-0.15, -0.1) is 0 Å². The summed E-state index contributed by atoms with van der Waals surface area (Å²) >= 11 is 0. The van der Waals surface area contributed by atoms with E-state index in [1.807, 2.05) is 35.2 Å². The first-order chi connectivity index (χ1) is 11.7. The molecule has 3 rings (SSSR count). The van der Waals surface area contributed by atoms with Crippen LogP contribution in [-0.4, -0.2) is 46.4 Å². The smallest absolute Gasteiger partial charge is 0.255 e. The largest absolute Gasteiger partial charge is 0.333 e. The van der Waals surface area contributed by atoms with E-state index in [1.54, 1.807) is 18.5 Å². The number of carbonyl (C=O) groups excluding carboxylic acids is 1. The molecule has 1 aromatic heterocycles. The summed E-state index contributed by atoms with van der Waals surface area (Å²) in [6.07, 6.45) is 3.30. The van der Waals surface area contributed by atoms with Crippen molar-refractivity contribution in [2.75, 3.05) is 19.6 Å². The van der Waals surface area contributed by atoms with Crippen LogP contribution < -0.4 is 0 Å². The third-order valence-corrected chi connectivity index (χ3v) is 4.37. The molecular weight excluding hydrogens is 300 g/mol. The van der Waals surface area contributed by atoms with E-state index in [0.717, 1.165) is 19.6 Å². The third kappa shape index (κ3) is 3.61. The average molecular weight is 320 g/mol. The molecule has 1 atom stereocenters. The molecule has 1 amide bonds. The van der Waals surface area contributed by atoms with Crippen LogP contribution in [0.5, 0.6) is 0 Å². The second-order valence-electron chi connectivity index (χ2n) is 6.13. The fraction of sp³-hybridized carbons (Fsp3) is 0.316. The van der Waals surface area contributed by atoms with E-state index in [-0.39, 0.29) is 11.9 Å². The maximum atomic E-state index is 12.6. The first-order valence-electron chi connectivity index (χ1n) is 8.10. The lowest BCUT2D eigenvalue weighted by Gasteiger charge is -2.40. The summed E-state index contributed by atoms with van der Waals surface area (Å²) in [5, 5.41) is 8.86. The molecular formula is C19H20N4O. The summed E-state index contributed by atoms with van der Waals surface area (Å²) in [6.45, 7) is 5.32. The van der Waals surface area contributed by atoms with Crippen LogP contribution in [0.25, 0.3) is 0 Å². The zero-order chi connectivity index (χ0) is 16.9. The zero-order valence-corrected chi connectivity index (χ0v) is 13.7.